The predicted molar refractivity (Wildman–Crippen MR) is 42.6 cm³/mol. The lowest BCUT2D eigenvalue weighted by Crippen LogP contribution is -2.03. The van der Waals surface area contributed by atoms with Gasteiger partial charge in [-0.3, -0.25) is 0 Å². The summed E-state index contributed by atoms with van der Waals surface area (Å²) >= 11 is 0. The van der Waals surface area contributed by atoms with Gasteiger partial charge in [-0.05, 0) is 6.92 Å². The lowest BCUT2D eigenvalue weighted by atomic mass is 10.5. The zero-order valence-electron chi connectivity index (χ0n) is 6.27. The van der Waals surface area contributed by atoms with E-state index in [1.165, 1.54) is 6.92 Å². The van der Waals surface area contributed by atoms with Gasteiger partial charge in [0.1, 0.15) is 0 Å². The third-order valence-electron chi connectivity index (χ3n) is 0.410. The van der Waals surface area contributed by atoms with Crippen LogP contribution >= 0.6 is 17.2 Å². The molecule has 6 N–H and O–H groups in total. The molecule has 0 aromatic carbocycles. The number of rotatable bonds is 3. The lowest BCUT2D eigenvalue weighted by molar-refractivity contribution is 0.110. The van der Waals surface area contributed by atoms with Crippen molar-refractivity contribution < 1.29 is 34.1 Å². The molecule has 0 aliphatic rings. The first-order valence-corrected chi connectivity index (χ1v) is 5.06. The maximum atomic E-state index is 8.11. The summed E-state index contributed by atoms with van der Waals surface area (Å²) in [5.74, 6) is 0. The fourth-order valence-corrected chi connectivity index (χ4v) is 0.588. The molecule has 0 saturated carbocycles. The molecule has 0 amide bonds. The summed E-state index contributed by atoms with van der Waals surface area (Å²) in [4.78, 5) is 31.3. The SMILES string of the molecule is CC(O)CO.OP(O)OP(O)O. The van der Waals surface area contributed by atoms with Crippen LogP contribution in [0.15, 0.2) is 0 Å². The Kier molecular flexibility index (Phi) is 12.1. The van der Waals surface area contributed by atoms with Crippen LogP contribution in [0.25, 0.3) is 0 Å². The molecule has 0 saturated heterocycles. The molecule has 0 aromatic heterocycles. The van der Waals surface area contributed by atoms with Gasteiger partial charge in [-0.25, -0.2) is 4.31 Å². The molecule has 0 spiro atoms. The third-order valence-corrected chi connectivity index (χ3v) is 1.58. The Hall–Kier alpha value is 0.580. The molecule has 1 unspecified atom stereocenters. The molecular formula is C3H12O7P2. The molecule has 7 nitrogen and oxygen atoms in total. The highest BCUT2D eigenvalue weighted by atomic mass is 31.2. The quantitative estimate of drug-likeness (QED) is 0.330. The summed E-state index contributed by atoms with van der Waals surface area (Å²) in [5, 5.41) is 16.0. The molecule has 0 fully saturated rings. The molecule has 9 heteroatoms. The summed E-state index contributed by atoms with van der Waals surface area (Å²) in [6, 6.07) is 0. The van der Waals surface area contributed by atoms with Gasteiger partial charge in [-0.1, -0.05) is 0 Å². The van der Waals surface area contributed by atoms with E-state index in [0.717, 1.165) is 0 Å². The van der Waals surface area contributed by atoms with Crippen LogP contribution in [0.1, 0.15) is 6.92 Å². The Labute approximate surface area is 71.9 Å². The van der Waals surface area contributed by atoms with Gasteiger partial charge in [0, 0.05) is 0 Å². The summed E-state index contributed by atoms with van der Waals surface area (Å²) in [5.41, 5.74) is 0. The van der Waals surface area contributed by atoms with Gasteiger partial charge in [-0.2, -0.15) is 0 Å². The van der Waals surface area contributed by atoms with E-state index in [1.54, 1.807) is 0 Å². The number of hydrogen-bond donors (Lipinski definition) is 6. The fourth-order valence-electron chi connectivity index (χ4n) is 0.0653. The second kappa shape index (κ2) is 9.67. The average Bonchev–Trinajstić information content (AvgIpc) is 1.85. The van der Waals surface area contributed by atoms with E-state index in [1.807, 2.05) is 0 Å². The first kappa shape index (κ1) is 15.1. The van der Waals surface area contributed by atoms with Crippen LogP contribution in [-0.2, 0) is 4.31 Å². The Bertz CT molecular complexity index is 80.7. The van der Waals surface area contributed by atoms with Crippen LogP contribution in [0.5, 0.6) is 0 Å². The van der Waals surface area contributed by atoms with Crippen molar-refractivity contribution in [1.29, 1.82) is 0 Å². The maximum absolute atomic E-state index is 8.11. The van der Waals surface area contributed by atoms with E-state index in [4.69, 9.17) is 29.8 Å². The molecule has 0 heterocycles. The summed E-state index contributed by atoms with van der Waals surface area (Å²) in [7, 11) is -5.22. The molecule has 0 rings (SSSR count). The van der Waals surface area contributed by atoms with Gasteiger partial charge in [0.25, 0.3) is 0 Å². The minimum Gasteiger partial charge on any atom is -0.394 e. The Balaban J connectivity index is 0. The second-order valence-electron chi connectivity index (χ2n) is 1.62. The number of aliphatic hydroxyl groups is 2. The van der Waals surface area contributed by atoms with Crippen molar-refractivity contribution >= 4 is 17.2 Å². The van der Waals surface area contributed by atoms with Gasteiger partial charge >= 0.3 is 17.2 Å². The zero-order chi connectivity index (χ0) is 10.1. The lowest BCUT2D eigenvalue weighted by Gasteiger charge is -2.00. The highest BCUT2D eigenvalue weighted by Crippen LogP contribution is 2.41. The van der Waals surface area contributed by atoms with Gasteiger partial charge < -0.3 is 29.8 Å². The van der Waals surface area contributed by atoms with Crippen molar-refractivity contribution in [1.82, 2.24) is 0 Å². The first-order valence-electron chi connectivity index (χ1n) is 2.73. The van der Waals surface area contributed by atoms with E-state index in [0.29, 0.717) is 0 Å². The highest BCUT2D eigenvalue weighted by molar-refractivity contribution is 7.53. The van der Waals surface area contributed by atoms with Crippen molar-refractivity contribution in [3.63, 3.8) is 0 Å². The number of hydrogen-bond acceptors (Lipinski definition) is 7. The van der Waals surface area contributed by atoms with Crippen LogP contribution < -0.4 is 0 Å². The van der Waals surface area contributed by atoms with Gasteiger partial charge in [0.05, 0.1) is 12.7 Å². The fraction of sp³-hybridized carbons (Fsp3) is 1.00. The van der Waals surface area contributed by atoms with E-state index >= 15 is 0 Å². The van der Waals surface area contributed by atoms with Gasteiger partial charge in [-0.15, -0.1) is 0 Å². The van der Waals surface area contributed by atoms with E-state index < -0.39 is 23.3 Å². The third kappa shape index (κ3) is 22.4. The van der Waals surface area contributed by atoms with E-state index in [-0.39, 0.29) is 6.61 Å². The van der Waals surface area contributed by atoms with Crippen molar-refractivity contribution in [3.8, 4) is 0 Å². The van der Waals surface area contributed by atoms with E-state index in [9.17, 15) is 0 Å². The molecular weight excluding hydrogens is 210 g/mol. The second-order valence-corrected chi connectivity index (χ2v) is 3.28. The molecule has 0 aliphatic heterocycles. The van der Waals surface area contributed by atoms with Crippen LogP contribution in [0.4, 0.5) is 0 Å². The highest BCUT2D eigenvalue weighted by Gasteiger charge is 2.05. The average molecular weight is 222 g/mol. The minimum absolute atomic E-state index is 0.139. The predicted octanol–water partition coefficient (Wildman–Crippen LogP) is -1.21. The maximum Gasteiger partial charge on any atom is 0.334 e. The van der Waals surface area contributed by atoms with Gasteiger partial charge in [0.15, 0.2) is 0 Å². The standard InChI is InChI=1S/C3H8O2.H4O5P2/c1-3(5)2-4;1-6(2)5-7(3)4/h3-5H,2H2,1H3;1-4H. The zero-order valence-corrected chi connectivity index (χ0v) is 8.06. The monoisotopic (exact) mass is 222 g/mol. The van der Waals surface area contributed by atoms with Crippen LogP contribution in [-0.4, -0.2) is 42.5 Å². The smallest absolute Gasteiger partial charge is 0.334 e. The van der Waals surface area contributed by atoms with Crippen LogP contribution in [0.2, 0.25) is 0 Å². The topological polar surface area (TPSA) is 131 Å². The summed E-state index contributed by atoms with van der Waals surface area (Å²) < 4.78 is 3.60. The van der Waals surface area contributed by atoms with Crippen molar-refractivity contribution in [2.75, 3.05) is 6.61 Å². The molecule has 0 aromatic rings. The van der Waals surface area contributed by atoms with Crippen molar-refractivity contribution in [3.05, 3.63) is 0 Å². The van der Waals surface area contributed by atoms with Crippen molar-refractivity contribution in [2.45, 2.75) is 13.0 Å². The summed E-state index contributed by atoms with van der Waals surface area (Å²) in [6.07, 6.45) is -0.560. The normalized spacial score (nSPS) is 12.8. The Morgan fingerprint density at radius 1 is 1.17 bits per heavy atom. The molecule has 76 valence electrons. The molecule has 0 radical (unpaired) electrons. The largest absolute Gasteiger partial charge is 0.394 e. The molecule has 0 aliphatic carbocycles. The molecule has 0 bridgehead atoms. The molecule has 1 atom stereocenters. The van der Waals surface area contributed by atoms with Crippen LogP contribution in [0.3, 0.4) is 0 Å². The van der Waals surface area contributed by atoms with Crippen LogP contribution in [0, 0.1) is 0 Å². The summed E-state index contributed by atoms with van der Waals surface area (Å²) in [6.45, 7) is 1.39. The Morgan fingerprint density at radius 2 is 1.42 bits per heavy atom. The van der Waals surface area contributed by atoms with Crippen molar-refractivity contribution in [2.24, 2.45) is 0 Å². The minimum atomic E-state index is -2.61. The number of aliphatic hydroxyl groups excluding tert-OH is 2. The molecule has 12 heavy (non-hydrogen) atoms. The van der Waals surface area contributed by atoms with Gasteiger partial charge in [0.2, 0.25) is 0 Å². The van der Waals surface area contributed by atoms with E-state index in [2.05, 4.69) is 4.31 Å². The first-order chi connectivity index (χ1) is 5.40. The Morgan fingerprint density at radius 3 is 1.42 bits per heavy atom.